The molecule has 1 unspecified atom stereocenters. The first kappa shape index (κ1) is 17.8. The highest BCUT2D eigenvalue weighted by atomic mass is 16.6. The number of hydrogen-bond donors (Lipinski definition) is 0. The Bertz CT molecular complexity index is 657. The highest BCUT2D eigenvalue weighted by Crippen LogP contribution is 2.33. The molecule has 1 atom stereocenters. The highest BCUT2D eigenvalue weighted by molar-refractivity contribution is 5.41. The van der Waals surface area contributed by atoms with Gasteiger partial charge in [-0.25, -0.2) is 0 Å². The smallest absolute Gasteiger partial charge is 0.119 e. The summed E-state index contributed by atoms with van der Waals surface area (Å²) in [6.45, 7) is 7.05. The molecule has 0 aliphatic carbocycles. The van der Waals surface area contributed by atoms with E-state index in [0.29, 0.717) is 19.8 Å². The lowest BCUT2D eigenvalue weighted by Gasteiger charge is -2.26. The molecule has 1 heterocycles. The molecule has 1 saturated heterocycles. The van der Waals surface area contributed by atoms with Crippen molar-refractivity contribution in [3.05, 3.63) is 59.7 Å². The van der Waals surface area contributed by atoms with Gasteiger partial charge in [0.1, 0.15) is 30.8 Å². The van der Waals surface area contributed by atoms with Gasteiger partial charge in [-0.15, -0.1) is 0 Å². The Kier molecular flexibility index (Phi) is 5.61. The average molecular weight is 342 g/mol. The zero-order valence-electron chi connectivity index (χ0n) is 15.2. The second-order valence-corrected chi connectivity index (χ2v) is 6.78. The fourth-order valence-electron chi connectivity index (χ4n) is 2.70. The Morgan fingerprint density at radius 1 is 0.880 bits per heavy atom. The summed E-state index contributed by atoms with van der Waals surface area (Å²) >= 11 is 0. The van der Waals surface area contributed by atoms with Gasteiger partial charge in [0.15, 0.2) is 0 Å². The summed E-state index contributed by atoms with van der Waals surface area (Å²) in [5.74, 6) is 1.75. The van der Waals surface area contributed by atoms with Gasteiger partial charge in [-0.2, -0.15) is 0 Å². The van der Waals surface area contributed by atoms with E-state index < -0.39 is 0 Å². The molecule has 4 heteroatoms. The first-order chi connectivity index (χ1) is 12.1. The van der Waals surface area contributed by atoms with Crippen molar-refractivity contribution in [1.82, 2.24) is 0 Å². The van der Waals surface area contributed by atoms with Crippen molar-refractivity contribution in [2.45, 2.75) is 25.4 Å². The minimum absolute atomic E-state index is 0.0941. The summed E-state index contributed by atoms with van der Waals surface area (Å²) in [6.07, 6.45) is 0.278. The predicted octanol–water partition coefficient (Wildman–Crippen LogP) is 3.82. The third kappa shape index (κ3) is 4.74. The largest absolute Gasteiger partial charge is 0.491 e. The standard InChI is InChI=1S/C21H26O4/c1-21(2,16-4-8-18(9-5-16)23-13-12-22-3)17-6-10-19(11-7-17)24-14-20-15-25-20/h4-11,20H,12-15H2,1-3H3. The van der Waals surface area contributed by atoms with E-state index in [1.807, 2.05) is 24.3 Å². The summed E-state index contributed by atoms with van der Waals surface area (Å²) in [5, 5.41) is 0. The Hall–Kier alpha value is -2.04. The summed E-state index contributed by atoms with van der Waals surface area (Å²) in [5.41, 5.74) is 2.39. The van der Waals surface area contributed by atoms with Crippen molar-refractivity contribution in [3.63, 3.8) is 0 Å². The predicted molar refractivity (Wildman–Crippen MR) is 97.6 cm³/mol. The summed E-state index contributed by atoms with van der Waals surface area (Å²) in [7, 11) is 1.67. The number of benzene rings is 2. The lowest BCUT2D eigenvalue weighted by Crippen LogP contribution is -2.18. The number of hydrogen-bond acceptors (Lipinski definition) is 4. The molecule has 1 fully saturated rings. The van der Waals surface area contributed by atoms with Crippen LogP contribution in [0.5, 0.6) is 11.5 Å². The summed E-state index contributed by atoms with van der Waals surface area (Å²) in [6, 6.07) is 16.6. The van der Waals surface area contributed by atoms with Crippen LogP contribution in [0.1, 0.15) is 25.0 Å². The van der Waals surface area contributed by atoms with E-state index in [9.17, 15) is 0 Å². The second kappa shape index (κ2) is 7.89. The van der Waals surface area contributed by atoms with E-state index in [1.54, 1.807) is 7.11 Å². The minimum atomic E-state index is -0.0941. The van der Waals surface area contributed by atoms with Gasteiger partial charge in [0, 0.05) is 12.5 Å². The molecule has 25 heavy (non-hydrogen) atoms. The van der Waals surface area contributed by atoms with Gasteiger partial charge in [0.2, 0.25) is 0 Å². The van der Waals surface area contributed by atoms with Crippen molar-refractivity contribution in [3.8, 4) is 11.5 Å². The Balaban J connectivity index is 1.64. The van der Waals surface area contributed by atoms with E-state index in [1.165, 1.54) is 11.1 Å². The van der Waals surface area contributed by atoms with Crippen LogP contribution >= 0.6 is 0 Å². The number of ether oxygens (including phenoxy) is 4. The van der Waals surface area contributed by atoms with Crippen LogP contribution in [0, 0.1) is 0 Å². The van der Waals surface area contributed by atoms with Crippen molar-refractivity contribution in [2.24, 2.45) is 0 Å². The fourth-order valence-corrected chi connectivity index (χ4v) is 2.70. The van der Waals surface area contributed by atoms with E-state index in [2.05, 4.69) is 38.1 Å². The molecule has 134 valence electrons. The lowest BCUT2D eigenvalue weighted by atomic mass is 9.78. The number of rotatable bonds is 9. The molecular formula is C21H26O4. The Morgan fingerprint density at radius 2 is 1.40 bits per heavy atom. The zero-order valence-corrected chi connectivity index (χ0v) is 15.2. The third-order valence-electron chi connectivity index (χ3n) is 4.55. The molecule has 0 spiro atoms. The van der Waals surface area contributed by atoms with Gasteiger partial charge in [-0.3, -0.25) is 0 Å². The SMILES string of the molecule is COCCOc1ccc(C(C)(C)c2ccc(OCC3CO3)cc2)cc1. The first-order valence-electron chi connectivity index (χ1n) is 8.67. The molecular weight excluding hydrogens is 316 g/mol. The van der Waals surface area contributed by atoms with Gasteiger partial charge in [-0.1, -0.05) is 38.1 Å². The molecule has 1 aliphatic heterocycles. The maximum Gasteiger partial charge on any atom is 0.119 e. The van der Waals surface area contributed by atoms with Gasteiger partial charge >= 0.3 is 0 Å². The molecule has 0 saturated carbocycles. The molecule has 0 bridgehead atoms. The molecule has 1 aliphatic rings. The maximum absolute atomic E-state index is 5.71. The normalized spacial score (nSPS) is 16.5. The lowest BCUT2D eigenvalue weighted by molar-refractivity contribution is 0.146. The monoisotopic (exact) mass is 342 g/mol. The molecule has 2 aromatic rings. The number of methoxy groups -OCH3 is 1. The van der Waals surface area contributed by atoms with E-state index in [4.69, 9.17) is 18.9 Å². The molecule has 0 amide bonds. The van der Waals surface area contributed by atoms with Crippen LogP contribution in [-0.4, -0.2) is 39.6 Å². The molecule has 0 radical (unpaired) electrons. The van der Waals surface area contributed by atoms with Gasteiger partial charge < -0.3 is 18.9 Å². The first-order valence-corrected chi connectivity index (χ1v) is 8.67. The topological polar surface area (TPSA) is 40.2 Å². The van der Waals surface area contributed by atoms with E-state index in [0.717, 1.165) is 18.1 Å². The van der Waals surface area contributed by atoms with Crippen LogP contribution in [-0.2, 0) is 14.9 Å². The molecule has 0 N–H and O–H groups in total. The van der Waals surface area contributed by atoms with Crippen molar-refractivity contribution in [2.75, 3.05) is 33.5 Å². The van der Waals surface area contributed by atoms with Gasteiger partial charge in [-0.05, 0) is 35.4 Å². The fraction of sp³-hybridized carbons (Fsp3) is 0.429. The Labute approximate surface area is 149 Å². The molecule has 3 rings (SSSR count). The molecule has 0 aromatic heterocycles. The van der Waals surface area contributed by atoms with Crippen LogP contribution in [0.2, 0.25) is 0 Å². The van der Waals surface area contributed by atoms with Crippen LogP contribution in [0.4, 0.5) is 0 Å². The van der Waals surface area contributed by atoms with Crippen LogP contribution in [0.25, 0.3) is 0 Å². The second-order valence-electron chi connectivity index (χ2n) is 6.78. The van der Waals surface area contributed by atoms with Crippen LogP contribution in [0.3, 0.4) is 0 Å². The quantitative estimate of drug-likeness (QED) is 0.513. The Morgan fingerprint density at radius 3 is 1.88 bits per heavy atom. The molecule has 2 aromatic carbocycles. The summed E-state index contributed by atoms with van der Waals surface area (Å²) < 4.78 is 21.5. The van der Waals surface area contributed by atoms with Crippen LogP contribution < -0.4 is 9.47 Å². The maximum atomic E-state index is 5.71. The van der Waals surface area contributed by atoms with Gasteiger partial charge in [0.25, 0.3) is 0 Å². The molecule has 4 nitrogen and oxygen atoms in total. The van der Waals surface area contributed by atoms with Gasteiger partial charge in [0.05, 0.1) is 13.2 Å². The highest BCUT2D eigenvalue weighted by Gasteiger charge is 2.24. The number of epoxide rings is 1. The van der Waals surface area contributed by atoms with Crippen molar-refractivity contribution < 1.29 is 18.9 Å². The minimum Gasteiger partial charge on any atom is -0.491 e. The average Bonchev–Trinajstić information content (AvgIpc) is 3.45. The van der Waals surface area contributed by atoms with E-state index >= 15 is 0 Å². The van der Waals surface area contributed by atoms with Crippen LogP contribution in [0.15, 0.2) is 48.5 Å². The van der Waals surface area contributed by atoms with Crippen molar-refractivity contribution >= 4 is 0 Å². The summed E-state index contributed by atoms with van der Waals surface area (Å²) in [4.78, 5) is 0. The van der Waals surface area contributed by atoms with Crippen molar-refractivity contribution in [1.29, 1.82) is 0 Å². The third-order valence-corrected chi connectivity index (χ3v) is 4.55. The van der Waals surface area contributed by atoms with E-state index in [-0.39, 0.29) is 11.5 Å². The zero-order chi connectivity index (χ0) is 17.7.